The molecule has 1 aliphatic carbocycles. The minimum Gasteiger partial charge on any atom is -0.444 e. The van der Waals surface area contributed by atoms with Gasteiger partial charge in [0.25, 0.3) is 0 Å². The first-order valence-electron chi connectivity index (χ1n) is 12.7. The Kier molecular flexibility index (Phi) is 7.77. The minimum absolute atomic E-state index is 0.110. The Balaban J connectivity index is 2.03. The van der Waals surface area contributed by atoms with Crippen molar-refractivity contribution in [1.29, 1.82) is 0 Å². The molecule has 204 valence electrons. The lowest BCUT2D eigenvalue weighted by Gasteiger charge is -2.42. The van der Waals surface area contributed by atoms with Gasteiger partial charge < -0.3 is 23.5 Å². The van der Waals surface area contributed by atoms with Crippen molar-refractivity contribution in [2.45, 2.75) is 116 Å². The molecule has 1 aliphatic heterocycles. The molecular formula is C27H43F2NO5Si. The minimum atomic E-state index is -2.35. The van der Waals surface area contributed by atoms with Crippen LogP contribution in [0.1, 0.15) is 73.5 Å². The lowest BCUT2D eigenvalue weighted by molar-refractivity contribution is -0.166. The van der Waals surface area contributed by atoms with E-state index in [0.717, 1.165) is 6.07 Å². The van der Waals surface area contributed by atoms with E-state index in [0.29, 0.717) is 12.0 Å². The first-order chi connectivity index (χ1) is 16.2. The average Bonchev–Trinajstić information content (AvgIpc) is 3.18. The van der Waals surface area contributed by atoms with Crippen molar-refractivity contribution < 1.29 is 32.2 Å². The van der Waals surface area contributed by atoms with E-state index in [4.69, 9.17) is 18.6 Å². The summed E-state index contributed by atoms with van der Waals surface area (Å²) in [6.07, 6.45) is -1.34. The molecule has 1 saturated heterocycles. The Morgan fingerprint density at radius 3 is 2.19 bits per heavy atom. The number of rotatable bonds is 5. The van der Waals surface area contributed by atoms with Crippen molar-refractivity contribution in [1.82, 2.24) is 4.90 Å². The highest BCUT2D eigenvalue weighted by Crippen LogP contribution is 2.51. The number of carbonyl (C=O) groups is 1. The number of ether oxygens (including phenoxy) is 3. The quantitative estimate of drug-likeness (QED) is 0.394. The summed E-state index contributed by atoms with van der Waals surface area (Å²) < 4.78 is 53.5. The van der Waals surface area contributed by atoms with Crippen molar-refractivity contribution in [3.63, 3.8) is 0 Å². The van der Waals surface area contributed by atoms with E-state index < -0.39 is 55.7 Å². The molecule has 1 aromatic carbocycles. The molecule has 5 atom stereocenters. The molecule has 0 radical (unpaired) electrons. The Hall–Kier alpha value is -1.55. The summed E-state index contributed by atoms with van der Waals surface area (Å²) in [6.45, 7) is 19.8. The van der Waals surface area contributed by atoms with Crippen molar-refractivity contribution in [3.05, 3.63) is 35.4 Å². The number of likely N-dealkylation sites (N-methyl/N-ethyl adjacent to an activating group) is 1. The van der Waals surface area contributed by atoms with Gasteiger partial charge in [0, 0.05) is 13.0 Å². The van der Waals surface area contributed by atoms with Crippen LogP contribution in [0.25, 0.3) is 0 Å². The van der Waals surface area contributed by atoms with Gasteiger partial charge in [0.15, 0.2) is 25.7 Å². The van der Waals surface area contributed by atoms with E-state index in [1.807, 2.05) is 34.6 Å². The fourth-order valence-electron chi connectivity index (χ4n) is 4.72. The van der Waals surface area contributed by atoms with Gasteiger partial charge in [-0.05, 0) is 76.9 Å². The number of benzene rings is 1. The van der Waals surface area contributed by atoms with Crippen LogP contribution in [0.4, 0.5) is 13.6 Å². The molecule has 1 aromatic rings. The van der Waals surface area contributed by atoms with Crippen LogP contribution in [0, 0.1) is 17.6 Å². The van der Waals surface area contributed by atoms with E-state index in [1.165, 1.54) is 6.07 Å². The van der Waals surface area contributed by atoms with Crippen molar-refractivity contribution >= 4 is 14.4 Å². The van der Waals surface area contributed by atoms with Crippen molar-refractivity contribution in [3.8, 4) is 0 Å². The number of amides is 1. The first-order valence-corrected chi connectivity index (χ1v) is 15.6. The maximum Gasteiger partial charge on any atom is 0.410 e. The van der Waals surface area contributed by atoms with Crippen LogP contribution in [-0.4, -0.2) is 56.0 Å². The summed E-state index contributed by atoms with van der Waals surface area (Å²) in [4.78, 5) is 14.5. The zero-order valence-electron chi connectivity index (χ0n) is 23.6. The summed E-state index contributed by atoms with van der Waals surface area (Å²) >= 11 is 0. The van der Waals surface area contributed by atoms with Gasteiger partial charge in [0.2, 0.25) is 0 Å². The van der Waals surface area contributed by atoms with Crippen LogP contribution in [0.2, 0.25) is 18.1 Å². The van der Waals surface area contributed by atoms with Crippen LogP contribution in [-0.2, 0) is 18.6 Å². The normalized spacial score (nSPS) is 27.0. The Bertz CT molecular complexity index is 972. The number of hydrogen-bond donors (Lipinski definition) is 0. The van der Waals surface area contributed by atoms with E-state index in [-0.39, 0.29) is 17.0 Å². The second-order valence-electron chi connectivity index (χ2n) is 13.1. The molecule has 9 heteroatoms. The molecule has 1 saturated carbocycles. The Morgan fingerprint density at radius 2 is 1.67 bits per heavy atom. The summed E-state index contributed by atoms with van der Waals surface area (Å²) in [5, 5.41) is -0.110. The van der Waals surface area contributed by atoms with E-state index in [2.05, 4.69) is 33.9 Å². The SMILES string of the molecule is CN(C(=O)OC(C)(C)C)[C@@H]1C[C@H](C(O[Si](C)(C)C(C)(C)C)c2ccc(F)c(F)c2)[C@H]2OC(C)(C)O[C@H]21. The van der Waals surface area contributed by atoms with Gasteiger partial charge in [-0.3, -0.25) is 0 Å². The number of fused-ring (bicyclic) bond motifs is 1. The Labute approximate surface area is 215 Å². The third kappa shape index (κ3) is 6.11. The summed E-state index contributed by atoms with van der Waals surface area (Å²) in [7, 11) is -0.647. The molecule has 1 heterocycles. The highest BCUT2D eigenvalue weighted by molar-refractivity contribution is 6.74. The molecule has 0 aromatic heterocycles. The van der Waals surface area contributed by atoms with E-state index in [9.17, 15) is 13.6 Å². The molecule has 0 spiro atoms. The third-order valence-electron chi connectivity index (χ3n) is 7.55. The fraction of sp³-hybridized carbons (Fsp3) is 0.741. The van der Waals surface area contributed by atoms with Crippen LogP contribution < -0.4 is 0 Å². The Morgan fingerprint density at radius 1 is 1.08 bits per heavy atom. The maximum atomic E-state index is 14.4. The van der Waals surface area contributed by atoms with Crippen LogP contribution in [0.15, 0.2) is 18.2 Å². The van der Waals surface area contributed by atoms with E-state index in [1.54, 1.807) is 18.0 Å². The molecule has 2 fully saturated rings. The molecule has 36 heavy (non-hydrogen) atoms. The first kappa shape index (κ1) is 29.0. The van der Waals surface area contributed by atoms with Gasteiger partial charge in [0.1, 0.15) is 11.7 Å². The van der Waals surface area contributed by atoms with Gasteiger partial charge in [-0.2, -0.15) is 0 Å². The molecule has 0 N–H and O–H groups in total. The smallest absolute Gasteiger partial charge is 0.410 e. The molecule has 1 unspecified atom stereocenters. The standard InChI is InChI=1S/C27H43F2NO5Si/c1-25(2,3)34-24(31)30(9)20-15-17(22-23(20)33-27(7,8)32-22)21(35-36(10,11)26(4,5)6)16-12-13-18(28)19(29)14-16/h12-14,17,20-23H,15H2,1-11H3/t17-,20-,21?,22-,23+/m1/s1. The topological polar surface area (TPSA) is 57.2 Å². The van der Waals surface area contributed by atoms with Crippen LogP contribution in [0.5, 0.6) is 0 Å². The summed E-state index contributed by atoms with van der Waals surface area (Å²) in [5.41, 5.74) is -0.0920. The second kappa shape index (κ2) is 9.64. The molecule has 6 nitrogen and oxygen atoms in total. The predicted molar refractivity (Wildman–Crippen MR) is 137 cm³/mol. The summed E-state index contributed by atoms with van der Waals surface area (Å²) in [6, 6.07) is 3.59. The fourth-order valence-corrected chi connectivity index (χ4v) is 6.02. The number of carbonyl (C=O) groups excluding carboxylic acids is 1. The zero-order chi connectivity index (χ0) is 27.4. The molecule has 2 aliphatic rings. The monoisotopic (exact) mass is 527 g/mol. The predicted octanol–water partition coefficient (Wildman–Crippen LogP) is 6.80. The average molecular weight is 528 g/mol. The lowest BCUT2D eigenvalue weighted by Crippen LogP contribution is -2.46. The van der Waals surface area contributed by atoms with Crippen LogP contribution in [0.3, 0.4) is 0 Å². The maximum absolute atomic E-state index is 14.4. The highest BCUT2D eigenvalue weighted by Gasteiger charge is 2.59. The second-order valence-corrected chi connectivity index (χ2v) is 17.9. The van der Waals surface area contributed by atoms with Crippen molar-refractivity contribution in [2.24, 2.45) is 5.92 Å². The number of hydrogen-bond acceptors (Lipinski definition) is 5. The third-order valence-corrected chi connectivity index (χ3v) is 12.0. The van der Waals surface area contributed by atoms with Gasteiger partial charge in [-0.25, -0.2) is 13.6 Å². The highest BCUT2D eigenvalue weighted by atomic mass is 28.4. The van der Waals surface area contributed by atoms with Crippen LogP contribution >= 0.6 is 0 Å². The molecule has 0 bridgehead atoms. The largest absolute Gasteiger partial charge is 0.444 e. The number of halogens is 2. The van der Waals surface area contributed by atoms with Gasteiger partial charge in [-0.1, -0.05) is 26.8 Å². The van der Waals surface area contributed by atoms with Gasteiger partial charge in [-0.15, -0.1) is 0 Å². The summed E-state index contributed by atoms with van der Waals surface area (Å²) in [5.74, 6) is -2.95. The van der Waals surface area contributed by atoms with Crippen molar-refractivity contribution in [2.75, 3.05) is 7.05 Å². The molecule has 1 amide bonds. The van der Waals surface area contributed by atoms with Gasteiger partial charge >= 0.3 is 6.09 Å². The number of nitrogens with zero attached hydrogens (tertiary/aromatic N) is 1. The van der Waals surface area contributed by atoms with E-state index >= 15 is 0 Å². The molecular weight excluding hydrogens is 484 g/mol. The zero-order valence-corrected chi connectivity index (χ0v) is 24.6. The molecule has 3 rings (SSSR count). The van der Waals surface area contributed by atoms with Gasteiger partial charge in [0.05, 0.1) is 18.2 Å². The lowest BCUT2D eigenvalue weighted by atomic mass is 9.92.